The van der Waals surface area contributed by atoms with Crippen LogP contribution in [0.3, 0.4) is 0 Å². The van der Waals surface area contributed by atoms with Crippen molar-refractivity contribution in [3.8, 4) is 0 Å². The highest BCUT2D eigenvalue weighted by Crippen LogP contribution is 2.28. The molecule has 1 aliphatic carbocycles. The van der Waals surface area contributed by atoms with E-state index in [0.29, 0.717) is 16.4 Å². The van der Waals surface area contributed by atoms with E-state index in [9.17, 15) is 4.79 Å². The molecule has 0 saturated heterocycles. The summed E-state index contributed by atoms with van der Waals surface area (Å²) < 4.78 is 1.91. The fourth-order valence-corrected chi connectivity index (χ4v) is 2.82. The predicted octanol–water partition coefficient (Wildman–Crippen LogP) is 2.53. The number of aromatic nitrogens is 2. The number of aryl methyl sites for hydroxylation is 1. The van der Waals surface area contributed by atoms with Crippen LogP contribution in [0.15, 0.2) is 15.5 Å². The number of nitrogens with one attached hydrogen (secondary N) is 1. The van der Waals surface area contributed by atoms with Gasteiger partial charge in [-0.25, -0.2) is 4.68 Å². The van der Waals surface area contributed by atoms with Gasteiger partial charge in [0.1, 0.15) is 4.47 Å². The van der Waals surface area contributed by atoms with Gasteiger partial charge < -0.3 is 5.32 Å². The molecule has 2 atom stereocenters. The summed E-state index contributed by atoms with van der Waals surface area (Å²) in [4.78, 5) is 11.7. The monoisotopic (exact) mass is 299 g/mol. The van der Waals surface area contributed by atoms with Gasteiger partial charge in [0.15, 0.2) is 0 Å². The Morgan fingerprint density at radius 1 is 1.47 bits per heavy atom. The van der Waals surface area contributed by atoms with Gasteiger partial charge >= 0.3 is 0 Å². The Labute approximate surface area is 110 Å². The maximum atomic E-state index is 11.7. The molecule has 1 fully saturated rings. The Morgan fingerprint density at radius 3 is 2.88 bits per heavy atom. The highest BCUT2D eigenvalue weighted by Gasteiger charge is 2.22. The fraction of sp³-hybridized carbons (Fsp3) is 0.667. The van der Waals surface area contributed by atoms with Crippen molar-refractivity contribution in [1.29, 1.82) is 0 Å². The average molecular weight is 300 g/mol. The van der Waals surface area contributed by atoms with E-state index in [0.717, 1.165) is 5.69 Å². The molecule has 1 saturated carbocycles. The lowest BCUT2D eigenvalue weighted by Crippen LogP contribution is -2.32. The average Bonchev–Trinajstić information content (AvgIpc) is 2.32. The largest absolute Gasteiger partial charge is 0.380 e. The summed E-state index contributed by atoms with van der Waals surface area (Å²) in [5.41, 5.74) is 0.713. The zero-order valence-corrected chi connectivity index (χ0v) is 11.8. The second-order valence-electron chi connectivity index (χ2n) is 4.81. The van der Waals surface area contributed by atoms with E-state index in [-0.39, 0.29) is 5.56 Å². The molecule has 1 heterocycles. The van der Waals surface area contributed by atoms with Gasteiger partial charge in [-0.15, -0.1) is 0 Å². The predicted molar refractivity (Wildman–Crippen MR) is 72.2 cm³/mol. The Kier molecular flexibility index (Phi) is 3.86. The van der Waals surface area contributed by atoms with Gasteiger partial charge in [-0.3, -0.25) is 4.79 Å². The number of halogens is 1. The summed E-state index contributed by atoms with van der Waals surface area (Å²) in [5, 5.41) is 7.49. The van der Waals surface area contributed by atoms with Crippen molar-refractivity contribution in [3.05, 3.63) is 21.0 Å². The minimum atomic E-state index is -0.0986. The third-order valence-electron chi connectivity index (χ3n) is 3.53. The van der Waals surface area contributed by atoms with Crippen molar-refractivity contribution in [2.45, 2.75) is 38.6 Å². The Morgan fingerprint density at radius 2 is 2.18 bits per heavy atom. The molecule has 1 N–H and O–H groups in total. The van der Waals surface area contributed by atoms with Crippen LogP contribution in [0.1, 0.15) is 32.6 Å². The van der Waals surface area contributed by atoms with E-state index < -0.39 is 0 Å². The number of hydrogen-bond acceptors (Lipinski definition) is 3. The third-order valence-corrected chi connectivity index (χ3v) is 4.30. The maximum absolute atomic E-state index is 11.7. The SMILES string of the molecule is CC1CCCCC1Nc1cnn(C)c(=O)c1Br. The minimum Gasteiger partial charge on any atom is -0.380 e. The van der Waals surface area contributed by atoms with E-state index in [1.807, 2.05) is 0 Å². The molecule has 2 unspecified atom stereocenters. The molecule has 0 bridgehead atoms. The molecular formula is C12H18BrN3O. The molecule has 0 spiro atoms. The summed E-state index contributed by atoms with van der Waals surface area (Å²) in [6, 6.07) is 0.453. The van der Waals surface area contributed by atoms with Gasteiger partial charge in [0, 0.05) is 13.1 Å². The van der Waals surface area contributed by atoms with E-state index in [1.54, 1.807) is 13.2 Å². The van der Waals surface area contributed by atoms with E-state index in [4.69, 9.17) is 0 Å². The molecule has 0 aliphatic heterocycles. The molecule has 4 nitrogen and oxygen atoms in total. The number of rotatable bonds is 2. The summed E-state index contributed by atoms with van der Waals surface area (Å²) in [6.07, 6.45) is 6.72. The summed E-state index contributed by atoms with van der Waals surface area (Å²) in [7, 11) is 1.65. The molecule has 0 radical (unpaired) electrons. The van der Waals surface area contributed by atoms with Crippen molar-refractivity contribution in [2.24, 2.45) is 13.0 Å². The van der Waals surface area contributed by atoms with Gasteiger partial charge in [0.05, 0.1) is 11.9 Å². The van der Waals surface area contributed by atoms with Crippen LogP contribution >= 0.6 is 15.9 Å². The second kappa shape index (κ2) is 5.21. The van der Waals surface area contributed by atoms with Crippen LogP contribution < -0.4 is 10.9 Å². The Bertz CT molecular complexity index is 458. The van der Waals surface area contributed by atoms with Crippen LogP contribution in [0.25, 0.3) is 0 Å². The minimum absolute atomic E-state index is 0.0986. The quantitative estimate of drug-likeness (QED) is 0.913. The highest BCUT2D eigenvalue weighted by molar-refractivity contribution is 9.10. The zero-order chi connectivity index (χ0) is 12.4. The van der Waals surface area contributed by atoms with E-state index in [1.165, 1.54) is 30.4 Å². The van der Waals surface area contributed by atoms with Gasteiger partial charge in [-0.05, 0) is 34.7 Å². The van der Waals surface area contributed by atoms with E-state index in [2.05, 4.69) is 33.3 Å². The number of hydrogen-bond donors (Lipinski definition) is 1. The van der Waals surface area contributed by atoms with Crippen molar-refractivity contribution in [3.63, 3.8) is 0 Å². The van der Waals surface area contributed by atoms with E-state index >= 15 is 0 Å². The molecule has 17 heavy (non-hydrogen) atoms. The second-order valence-corrected chi connectivity index (χ2v) is 5.61. The summed E-state index contributed by atoms with van der Waals surface area (Å²) in [5.74, 6) is 0.653. The van der Waals surface area contributed by atoms with Crippen LogP contribution in [0.4, 0.5) is 5.69 Å². The van der Waals surface area contributed by atoms with Crippen LogP contribution in [0.5, 0.6) is 0 Å². The number of nitrogens with zero attached hydrogens (tertiary/aromatic N) is 2. The first-order valence-electron chi connectivity index (χ1n) is 6.08. The lowest BCUT2D eigenvalue weighted by molar-refractivity contribution is 0.349. The number of anilines is 1. The van der Waals surface area contributed by atoms with Crippen molar-refractivity contribution in [2.75, 3.05) is 5.32 Å². The molecule has 1 aromatic rings. The maximum Gasteiger partial charge on any atom is 0.282 e. The third kappa shape index (κ3) is 2.70. The Balaban J connectivity index is 2.18. The fourth-order valence-electron chi connectivity index (χ4n) is 2.34. The first-order chi connectivity index (χ1) is 8.09. The first-order valence-corrected chi connectivity index (χ1v) is 6.87. The summed E-state index contributed by atoms with van der Waals surface area (Å²) >= 11 is 3.34. The van der Waals surface area contributed by atoms with Crippen LogP contribution in [-0.4, -0.2) is 15.8 Å². The van der Waals surface area contributed by atoms with Gasteiger partial charge in [0.2, 0.25) is 0 Å². The van der Waals surface area contributed by atoms with Gasteiger partial charge in [-0.1, -0.05) is 19.8 Å². The smallest absolute Gasteiger partial charge is 0.282 e. The molecule has 0 aromatic carbocycles. The van der Waals surface area contributed by atoms with Crippen molar-refractivity contribution in [1.82, 2.24) is 9.78 Å². The normalized spacial score (nSPS) is 24.6. The van der Waals surface area contributed by atoms with Crippen LogP contribution in [0.2, 0.25) is 0 Å². The lowest BCUT2D eigenvalue weighted by atomic mass is 9.86. The highest BCUT2D eigenvalue weighted by atomic mass is 79.9. The molecule has 1 aliphatic rings. The molecular weight excluding hydrogens is 282 g/mol. The molecule has 1 aromatic heterocycles. The van der Waals surface area contributed by atoms with Crippen molar-refractivity contribution < 1.29 is 0 Å². The summed E-state index contributed by atoms with van der Waals surface area (Å²) in [6.45, 7) is 2.26. The molecule has 0 amide bonds. The lowest BCUT2D eigenvalue weighted by Gasteiger charge is -2.30. The molecule has 94 valence electrons. The molecule has 5 heteroatoms. The Hall–Kier alpha value is -0.840. The van der Waals surface area contributed by atoms with Gasteiger partial charge in [-0.2, -0.15) is 5.10 Å². The van der Waals surface area contributed by atoms with Gasteiger partial charge in [0.25, 0.3) is 5.56 Å². The van der Waals surface area contributed by atoms with Crippen molar-refractivity contribution >= 4 is 21.6 Å². The van der Waals surface area contributed by atoms with Crippen LogP contribution in [0, 0.1) is 5.92 Å². The first kappa shape index (κ1) is 12.6. The topological polar surface area (TPSA) is 46.9 Å². The van der Waals surface area contributed by atoms with Crippen LogP contribution in [-0.2, 0) is 7.05 Å². The standard InChI is InChI=1S/C12H18BrN3O/c1-8-5-3-4-6-9(8)15-10-7-14-16(2)12(17)11(10)13/h7-9,15H,3-6H2,1-2H3. The molecule has 2 rings (SSSR count). The zero-order valence-electron chi connectivity index (χ0n) is 10.2.